The molecule has 0 radical (unpaired) electrons. The molecular weight excluding hydrogens is 334 g/mol. The van der Waals surface area contributed by atoms with Gasteiger partial charge >= 0.3 is 0 Å². The van der Waals surface area contributed by atoms with E-state index in [1.165, 1.54) is 77.0 Å². The molecule has 27 heavy (non-hydrogen) atoms. The summed E-state index contributed by atoms with van der Waals surface area (Å²) in [6.45, 7) is 1.48. The average Bonchev–Trinajstić information content (AvgIpc) is 2.99. The molecule has 2 saturated carbocycles. The summed E-state index contributed by atoms with van der Waals surface area (Å²) in [4.78, 5) is 14.5. The molecule has 3 atom stereocenters. The van der Waals surface area contributed by atoms with Crippen LogP contribution in [-0.4, -0.2) is 29.9 Å². The maximum Gasteiger partial charge on any atom is 0.223 e. The van der Waals surface area contributed by atoms with Crippen LogP contribution in [0.5, 0.6) is 0 Å². The van der Waals surface area contributed by atoms with Gasteiger partial charge in [-0.3, -0.25) is 4.79 Å². The zero-order valence-electron chi connectivity index (χ0n) is 17.1. The molecule has 0 aromatic carbocycles. The first-order valence-corrected chi connectivity index (χ1v) is 11.7. The Labute approximate surface area is 166 Å². The maximum absolute atomic E-state index is 12.8. The fourth-order valence-corrected chi connectivity index (χ4v) is 5.66. The molecule has 4 nitrogen and oxygen atoms in total. The van der Waals surface area contributed by atoms with Crippen molar-refractivity contribution in [3.63, 3.8) is 0 Å². The lowest BCUT2D eigenvalue weighted by atomic mass is 9.79. The standard InChI is InChI=1S/C23H39N3O/c24-18-26-16-15-22(17-26)25-23(27)21-12-8-11-20(13-14-21)19-9-6-4-2-1-3-5-7-10-19/h19-22H,1-17H2,(H,25,27)/t20?,21?,22-/m1/s1. The Morgan fingerprint density at radius 3 is 2.07 bits per heavy atom. The van der Waals surface area contributed by atoms with Gasteiger partial charge in [0.1, 0.15) is 0 Å². The summed E-state index contributed by atoms with van der Waals surface area (Å²) >= 11 is 0. The molecule has 2 aliphatic carbocycles. The molecule has 0 aromatic heterocycles. The van der Waals surface area contributed by atoms with Gasteiger partial charge in [0.05, 0.1) is 0 Å². The van der Waals surface area contributed by atoms with Crippen LogP contribution < -0.4 is 5.32 Å². The highest BCUT2D eigenvalue weighted by atomic mass is 16.1. The van der Waals surface area contributed by atoms with Crippen LogP contribution in [0.1, 0.15) is 96.3 Å². The number of hydrogen-bond acceptors (Lipinski definition) is 3. The van der Waals surface area contributed by atoms with Gasteiger partial charge in [0.2, 0.25) is 5.91 Å². The highest BCUT2D eigenvalue weighted by molar-refractivity contribution is 5.79. The lowest BCUT2D eigenvalue weighted by Crippen LogP contribution is -2.40. The molecule has 1 aliphatic heterocycles. The third kappa shape index (κ3) is 6.40. The Morgan fingerprint density at radius 1 is 0.778 bits per heavy atom. The molecule has 3 aliphatic rings. The van der Waals surface area contributed by atoms with Gasteiger partial charge in [-0.1, -0.05) is 70.6 Å². The number of likely N-dealkylation sites (tertiary alicyclic amines) is 1. The summed E-state index contributed by atoms with van der Waals surface area (Å²) in [7, 11) is 0. The quantitative estimate of drug-likeness (QED) is 0.560. The van der Waals surface area contributed by atoms with E-state index < -0.39 is 0 Å². The average molecular weight is 374 g/mol. The van der Waals surface area contributed by atoms with Gasteiger partial charge in [0.15, 0.2) is 6.19 Å². The van der Waals surface area contributed by atoms with Crippen LogP contribution in [0.2, 0.25) is 0 Å². The second kappa shape index (κ2) is 10.9. The second-order valence-electron chi connectivity index (χ2n) is 9.32. The fourth-order valence-electron chi connectivity index (χ4n) is 5.66. The van der Waals surface area contributed by atoms with Crippen LogP contribution in [0.15, 0.2) is 0 Å². The van der Waals surface area contributed by atoms with Crippen molar-refractivity contribution in [2.24, 2.45) is 17.8 Å². The Bertz CT molecular complexity index is 490. The summed E-state index contributed by atoms with van der Waals surface area (Å²) in [6, 6.07) is 0.175. The van der Waals surface area contributed by atoms with Crippen molar-refractivity contribution in [3.8, 4) is 6.19 Å². The Kier molecular flexibility index (Phi) is 8.30. The number of nitriles is 1. The van der Waals surface area contributed by atoms with Crippen molar-refractivity contribution in [3.05, 3.63) is 0 Å². The number of nitrogens with one attached hydrogen (secondary N) is 1. The predicted molar refractivity (Wildman–Crippen MR) is 109 cm³/mol. The number of carbonyl (C=O) groups excluding carboxylic acids is 1. The van der Waals surface area contributed by atoms with Gasteiger partial charge in [-0.2, -0.15) is 5.26 Å². The van der Waals surface area contributed by atoms with E-state index in [2.05, 4.69) is 11.5 Å². The Balaban J connectivity index is 1.46. The van der Waals surface area contributed by atoms with Crippen molar-refractivity contribution in [2.75, 3.05) is 13.1 Å². The van der Waals surface area contributed by atoms with Gasteiger partial charge in [-0.25, -0.2) is 0 Å². The van der Waals surface area contributed by atoms with Crippen molar-refractivity contribution in [1.29, 1.82) is 5.26 Å². The highest BCUT2D eigenvalue weighted by Crippen LogP contribution is 2.37. The van der Waals surface area contributed by atoms with E-state index in [9.17, 15) is 4.79 Å². The molecule has 2 unspecified atom stereocenters. The van der Waals surface area contributed by atoms with Crippen LogP contribution >= 0.6 is 0 Å². The molecule has 3 rings (SSSR count). The number of carbonyl (C=O) groups is 1. The van der Waals surface area contributed by atoms with Crippen LogP contribution in [0.25, 0.3) is 0 Å². The van der Waals surface area contributed by atoms with E-state index in [0.717, 1.165) is 37.6 Å². The lowest BCUT2D eigenvalue weighted by molar-refractivity contribution is -0.126. The zero-order valence-corrected chi connectivity index (χ0v) is 17.1. The van der Waals surface area contributed by atoms with Gasteiger partial charge in [-0.05, 0) is 37.5 Å². The van der Waals surface area contributed by atoms with E-state index >= 15 is 0 Å². The third-order valence-corrected chi connectivity index (χ3v) is 7.38. The molecule has 1 heterocycles. The molecule has 0 aromatic rings. The molecule has 1 N–H and O–H groups in total. The predicted octanol–water partition coefficient (Wildman–Crippen LogP) is 5.00. The van der Waals surface area contributed by atoms with E-state index in [0.29, 0.717) is 6.54 Å². The molecule has 152 valence electrons. The van der Waals surface area contributed by atoms with Crippen LogP contribution in [0.3, 0.4) is 0 Å². The van der Waals surface area contributed by atoms with Crippen molar-refractivity contribution >= 4 is 5.91 Å². The number of nitrogens with zero attached hydrogens (tertiary/aromatic N) is 2. The normalized spacial score (nSPS) is 31.7. The first-order chi connectivity index (χ1) is 13.3. The van der Waals surface area contributed by atoms with Crippen LogP contribution in [-0.2, 0) is 4.79 Å². The molecule has 4 heteroatoms. The number of amides is 1. The number of rotatable bonds is 3. The Hall–Kier alpha value is -1.24. The van der Waals surface area contributed by atoms with Gasteiger partial charge in [-0.15, -0.1) is 0 Å². The summed E-state index contributed by atoms with van der Waals surface area (Å²) in [6.07, 6.45) is 21.9. The van der Waals surface area contributed by atoms with Crippen LogP contribution in [0.4, 0.5) is 0 Å². The van der Waals surface area contributed by atoms with Gasteiger partial charge in [0.25, 0.3) is 0 Å². The SMILES string of the molecule is N#CN1CC[C@@H](NC(=O)C2CCCC(C3CCCCCCCCC3)CC2)C1. The lowest BCUT2D eigenvalue weighted by Gasteiger charge is -2.27. The minimum Gasteiger partial charge on any atom is -0.351 e. The minimum absolute atomic E-state index is 0.175. The molecule has 0 bridgehead atoms. The fraction of sp³-hybridized carbons (Fsp3) is 0.913. The van der Waals surface area contributed by atoms with E-state index in [1.54, 1.807) is 4.90 Å². The first kappa shape index (κ1) is 20.5. The smallest absolute Gasteiger partial charge is 0.223 e. The van der Waals surface area contributed by atoms with E-state index in [-0.39, 0.29) is 17.9 Å². The van der Waals surface area contributed by atoms with E-state index in [4.69, 9.17) is 5.26 Å². The van der Waals surface area contributed by atoms with Gasteiger partial charge < -0.3 is 10.2 Å². The molecule has 0 spiro atoms. The maximum atomic E-state index is 12.8. The van der Waals surface area contributed by atoms with E-state index in [1.807, 2.05) is 0 Å². The highest BCUT2D eigenvalue weighted by Gasteiger charge is 2.30. The van der Waals surface area contributed by atoms with Crippen molar-refractivity contribution in [1.82, 2.24) is 10.2 Å². The zero-order chi connectivity index (χ0) is 18.9. The summed E-state index contributed by atoms with van der Waals surface area (Å²) in [5.41, 5.74) is 0. The summed E-state index contributed by atoms with van der Waals surface area (Å²) in [5, 5.41) is 12.2. The second-order valence-corrected chi connectivity index (χ2v) is 9.32. The van der Waals surface area contributed by atoms with Gasteiger partial charge in [0, 0.05) is 25.0 Å². The summed E-state index contributed by atoms with van der Waals surface area (Å²) < 4.78 is 0. The minimum atomic E-state index is 0.175. The largest absolute Gasteiger partial charge is 0.351 e. The molecule has 1 amide bonds. The first-order valence-electron chi connectivity index (χ1n) is 11.7. The van der Waals surface area contributed by atoms with Crippen molar-refractivity contribution in [2.45, 2.75) is 102 Å². The topological polar surface area (TPSA) is 56.1 Å². The van der Waals surface area contributed by atoms with Crippen molar-refractivity contribution < 1.29 is 4.79 Å². The molecule has 1 saturated heterocycles. The number of hydrogen-bond donors (Lipinski definition) is 1. The molecule has 3 fully saturated rings. The summed E-state index contributed by atoms with van der Waals surface area (Å²) in [5.74, 6) is 2.21. The Morgan fingerprint density at radius 2 is 1.41 bits per heavy atom. The van der Waals surface area contributed by atoms with Crippen LogP contribution in [0, 0.1) is 29.2 Å². The monoisotopic (exact) mass is 373 g/mol. The molecular formula is C23H39N3O. The third-order valence-electron chi connectivity index (χ3n) is 7.38.